The van der Waals surface area contributed by atoms with Crippen molar-refractivity contribution in [1.29, 1.82) is 0 Å². The molecular formula is C18H19NO3. The number of fused-ring (bicyclic) bond motifs is 1. The van der Waals surface area contributed by atoms with Crippen LogP contribution in [0.3, 0.4) is 0 Å². The highest BCUT2D eigenvalue weighted by molar-refractivity contribution is 5.83. The first kappa shape index (κ1) is 13.4. The number of rotatable bonds is 3. The lowest BCUT2D eigenvalue weighted by atomic mass is 9.99. The van der Waals surface area contributed by atoms with Crippen LogP contribution in [-0.2, 0) is 17.8 Å². The molecule has 1 aliphatic heterocycles. The Labute approximate surface area is 129 Å². The molecule has 0 N–H and O–H groups in total. The fourth-order valence-corrected chi connectivity index (χ4v) is 3.37. The molecule has 0 spiro atoms. The third-order valence-electron chi connectivity index (χ3n) is 4.75. The van der Waals surface area contributed by atoms with Gasteiger partial charge >= 0.3 is 0 Å². The molecule has 1 saturated carbocycles. The Morgan fingerprint density at radius 1 is 1.32 bits per heavy atom. The van der Waals surface area contributed by atoms with Crippen LogP contribution in [-0.4, -0.2) is 24.5 Å². The molecule has 1 amide bonds. The number of nitrogens with zero attached hydrogens (tertiary/aromatic N) is 1. The van der Waals surface area contributed by atoms with Crippen LogP contribution in [0.5, 0.6) is 5.75 Å². The molecule has 2 aromatic rings. The lowest BCUT2D eigenvalue weighted by Gasteiger charge is -2.29. The largest absolute Gasteiger partial charge is 0.497 e. The Hall–Kier alpha value is -2.23. The molecule has 4 nitrogen and oxygen atoms in total. The summed E-state index contributed by atoms with van der Waals surface area (Å²) >= 11 is 0. The monoisotopic (exact) mass is 297 g/mol. The summed E-state index contributed by atoms with van der Waals surface area (Å²) < 4.78 is 10.7. The molecule has 22 heavy (non-hydrogen) atoms. The smallest absolute Gasteiger partial charge is 0.226 e. The van der Waals surface area contributed by atoms with Gasteiger partial charge in [-0.2, -0.15) is 0 Å². The standard InChI is InChI=1S/C18H19NO3/c1-21-14-5-4-12-6-7-19(11-13(12)9-14)18(20)16-10-15(16)17-3-2-8-22-17/h2-5,8-9,15-16H,6-7,10-11H2,1H3/t15-,16+/m1/s1. The number of benzene rings is 1. The number of hydrogen-bond acceptors (Lipinski definition) is 3. The van der Waals surface area contributed by atoms with Gasteiger partial charge in [-0.25, -0.2) is 0 Å². The zero-order valence-corrected chi connectivity index (χ0v) is 12.6. The molecule has 2 heterocycles. The zero-order chi connectivity index (χ0) is 15.1. The van der Waals surface area contributed by atoms with E-state index in [1.807, 2.05) is 29.2 Å². The summed E-state index contributed by atoms with van der Waals surface area (Å²) in [4.78, 5) is 14.7. The Bertz CT molecular complexity index is 692. The third kappa shape index (κ3) is 2.28. The lowest BCUT2D eigenvalue weighted by molar-refractivity contribution is -0.133. The van der Waals surface area contributed by atoms with Gasteiger partial charge in [0.1, 0.15) is 11.5 Å². The highest BCUT2D eigenvalue weighted by atomic mass is 16.5. The maximum absolute atomic E-state index is 12.7. The lowest BCUT2D eigenvalue weighted by Crippen LogP contribution is -2.37. The summed E-state index contributed by atoms with van der Waals surface area (Å²) in [5.41, 5.74) is 2.53. The van der Waals surface area contributed by atoms with Gasteiger partial charge in [-0.05, 0) is 48.2 Å². The van der Waals surface area contributed by atoms with E-state index in [1.165, 1.54) is 11.1 Å². The maximum atomic E-state index is 12.7. The van der Waals surface area contributed by atoms with Gasteiger partial charge in [0.25, 0.3) is 0 Å². The van der Waals surface area contributed by atoms with Crippen LogP contribution < -0.4 is 4.74 Å². The molecule has 0 unspecified atom stereocenters. The fraction of sp³-hybridized carbons (Fsp3) is 0.389. The van der Waals surface area contributed by atoms with Crippen molar-refractivity contribution in [3.8, 4) is 5.75 Å². The second-order valence-corrected chi connectivity index (χ2v) is 6.11. The van der Waals surface area contributed by atoms with E-state index in [9.17, 15) is 4.79 Å². The average molecular weight is 297 g/mol. The van der Waals surface area contributed by atoms with Crippen LogP contribution in [0.25, 0.3) is 0 Å². The molecule has 2 aliphatic rings. The van der Waals surface area contributed by atoms with E-state index in [1.54, 1.807) is 13.4 Å². The Balaban J connectivity index is 1.47. The highest BCUT2D eigenvalue weighted by Gasteiger charge is 2.47. The van der Waals surface area contributed by atoms with E-state index in [4.69, 9.17) is 9.15 Å². The van der Waals surface area contributed by atoms with Crippen LogP contribution in [0.2, 0.25) is 0 Å². The van der Waals surface area contributed by atoms with Crippen molar-refractivity contribution in [2.45, 2.75) is 25.3 Å². The van der Waals surface area contributed by atoms with Crippen molar-refractivity contribution in [2.24, 2.45) is 5.92 Å². The van der Waals surface area contributed by atoms with Crippen molar-refractivity contribution in [3.05, 3.63) is 53.5 Å². The predicted octanol–water partition coefficient (Wildman–Crippen LogP) is 2.98. The summed E-state index contributed by atoms with van der Waals surface area (Å²) in [6.07, 6.45) is 3.51. The van der Waals surface area contributed by atoms with E-state index in [2.05, 4.69) is 6.07 Å². The van der Waals surface area contributed by atoms with Crippen molar-refractivity contribution in [3.63, 3.8) is 0 Å². The van der Waals surface area contributed by atoms with E-state index in [0.29, 0.717) is 6.54 Å². The number of carbonyl (C=O) groups is 1. The van der Waals surface area contributed by atoms with Gasteiger partial charge in [-0.15, -0.1) is 0 Å². The van der Waals surface area contributed by atoms with Crippen molar-refractivity contribution in [1.82, 2.24) is 4.90 Å². The highest BCUT2D eigenvalue weighted by Crippen LogP contribution is 2.49. The molecule has 1 fully saturated rings. The Morgan fingerprint density at radius 2 is 2.23 bits per heavy atom. The maximum Gasteiger partial charge on any atom is 0.226 e. The number of ether oxygens (including phenoxy) is 1. The summed E-state index contributed by atoms with van der Waals surface area (Å²) in [6, 6.07) is 10.0. The van der Waals surface area contributed by atoms with Gasteiger partial charge in [0.15, 0.2) is 0 Å². The van der Waals surface area contributed by atoms with Crippen molar-refractivity contribution < 1.29 is 13.9 Å². The first-order chi connectivity index (χ1) is 10.8. The quantitative estimate of drug-likeness (QED) is 0.874. The van der Waals surface area contributed by atoms with E-state index in [-0.39, 0.29) is 17.7 Å². The second-order valence-electron chi connectivity index (χ2n) is 6.11. The molecule has 114 valence electrons. The number of furan rings is 1. The Morgan fingerprint density at radius 3 is 3.00 bits per heavy atom. The first-order valence-corrected chi connectivity index (χ1v) is 7.74. The summed E-state index contributed by atoms with van der Waals surface area (Å²) in [5, 5.41) is 0. The van der Waals surface area contributed by atoms with E-state index in [0.717, 1.165) is 30.9 Å². The Kier molecular flexibility index (Phi) is 3.17. The number of methoxy groups -OCH3 is 1. The van der Waals surface area contributed by atoms with Gasteiger partial charge in [0, 0.05) is 24.9 Å². The fourth-order valence-electron chi connectivity index (χ4n) is 3.37. The normalized spacial score (nSPS) is 23.0. The van der Waals surface area contributed by atoms with Crippen molar-refractivity contribution >= 4 is 5.91 Å². The molecule has 4 heteroatoms. The second kappa shape index (κ2) is 5.20. The molecule has 2 atom stereocenters. The van der Waals surface area contributed by atoms with E-state index < -0.39 is 0 Å². The topological polar surface area (TPSA) is 42.7 Å². The molecular weight excluding hydrogens is 278 g/mol. The molecule has 1 aliphatic carbocycles. The van der Waals surface area contributed by atoms with Gasteiger partial charge in [0.2, 0.25) is 5.91 Å². The zero-order valence-electron chi connectivity index (χ0n) is 12.6. The van der Waals surface area contributed by atoms with Gasteiger partial charge in [-0.3, -0.25) is 4.79 Å². The third-order valence-corrected chi connectivity index (χ3v) is 4.75. The summed E-state index contributed by atoms with van der Waals surface area (Å²) in [5.74, 6) is 2.42. The number of amides is 1. The summed E-state index contributed by atoms with van der Waals surface area (Å²) in [7, 11) is 1.67. The predicted molar refractivity (Wildman–Crippen MR) is 81.7 cm³/mol. The van der Waals surface area contributed by atoms with Crippen LogP contribution >= 0.6 is 0 Å². The van der Waals surface area contributed by atoms with Crippen LogP contribution in [0.4, 0.5) is 0 Å². The van der Waals surface area contributed by atoms with Crippen LogP contribution in [0, 0.1) is 5.92 Å². The van der Waals surface area contributed by atoms with Gasteiger partial charge < -0.3 is 14.1 Å². The molecule has 0 bridgehead atoms. The van der Waals surface area contributed by atoms with Crippen LogP contribution in [0.1, 0.15) is 29.2 Å². The molecule has 1 aromatic heterocycles. The summed E-state index contributed by atoms with van der Waals surface area (Å²) in [6.45, 7) is 1.49. The van der Waals surface area contributed by atoms with Gasteiger partial charge in [0.05, 0.1) is 13.4 Å². The average Bonchev–Trinajstić information content (AvgIpc) is 3.17. The van der Waals surface area contributed by atoms with Gasteiger partial charge in [-0.1, -0.05) is 6.07 Å². The first-order valence-electron chi connectivity index (χ1n) is 7.74. The van der Waals surface area contributed by atoms with Crippen LogP contribution in [0.15, 0.2) is 41.0 Å². The molecule has 4 rings (SSSR count). The number of carbonyl (C=O) groups excluding carboxylic acids is 1. The minimum absolute atomic E-state index is 0.0957. The molecule has 1 aromatic carbocycles. The number of hydrogen-bond donors (Lipinski definition) is 0. The van der Waals surface area contributed by atoms with Crippen molar-refractivity contribution in [2.75, 3.05) is 13.7 Å². The minimum atomic E-state index is 0.0957. The SMILES string of the molecule is COc1ccc2c(c1)CN(C(=O)[C@H]1C[C@H]1c1ccco1)CC2. The van der Waals surface area contributed by atoms with E-state index >= 15 is 0 Å². The minimum Gasteiger partial charge on any atom is -0.497 e. The molecule has 0 saturated heterocycles. The molecule has 0 radical (unpaired) electrons.